The zero-order valence-electron chi connectivity index (χ0n) is 10.8. The number of amides is 1. The van der Waals surface area contributed by atoms with Crippen LogP contribution in [-0.4, -0.2) is 35.4 Å². The molecule has 1 fully saturated rings. The van der Waals surface area contributed by atoms with Gasteiger partial charge in [-0.2, -0.15) is 0 Å². The van der Waals surface area contributed by atoms with Crippen LogP contribution in [0.3, 0.4) is 0 Å². The summed E-state index contributed by atoms with van der Waals surface area (Å²) < 4.78 is 5.36. The third-order valence-corrected chi connectivity index (χ3v) is 3.24. The maximum Gasteiger partial charge on any atom is 0.291 e. The average molecular weight is 274 g/mol. The third kappa shape index (κ3) is 3.03. The summed E-state index contributed by atoms with van der Waals surface area (Å²) in [4.78, 5) is 18.2. The van der Waals surface area contributed by atoms with E-state index in [0.29, 0.717) is 29.8 Å². The summed E-state index contributed by atoms with van der Waals surface area (Å²) in [5, 5.41) is 0. The summed E-state index contributed by atoms with van der Waals surface area (Å²) in [5.74, 6) is 1.27. The highest BCUT2D eigenvalue weighted by molar-refractivity contribution is 5.92. The lowest BCUT2D eigenvalue weighted by Gasteiger charge is -2.31. The van der Waals surface area contributed by atoms with Crippen LogP contribution in [0.5, 0.6) is 0 Å². The molecule has 1 saturated heterocycles. The van der Waals surface area contributed by atoms with E-state index in [-0.39, 0.29) is 18.3 Å². The number of carbonyl (C=O) groups excluding carboxylic acids is 1. The number of aromatic nitrogens is 1. The van der Waals surface area contributed by atoms with E-state index in [0.717, 1.165) is 25.9 Å². The normalized spacial score (nSPS) is 19.5. The lowest BCUT2D eigenvalue weighted by Crippen LogP contribution is -2.42. The number of carbonyl (C=O) groups is 1. The monoisotopic (exact) mass is 273 g/mol. The van der Waals surface area contributed by atoms with Gasteiger partial charge in [-0.05, 0) is 32.2 Å². The number of oxazole rings is 1. The standard InChI is InChI=1S/C12H19N3O2.ClH/c1-8-11(17-9(2)14-8)12(16)15-5-3-4-10(6-13)7-15;/h10H,3-7,13H2,1-2H3;1H. The molecule has 1 aliphatic heterocycles. The van der Waals surface area contributed by atoms with E-state index in [4.69, 9.17) is 10.2 Å². The van der Waals surface area contributed by atoms with Crippen molar-refractivity contribution in [1.29, 1.82) is 0 Å². The maximum atomic E-state index is 12.2. The first-order chi connectivity index (χ1) is 8.11. The predicted molar refractivity (Wildman–Crippen MR) is 70.9 cm³/mol. The van der Waals surface area contributed by atoms with E-state index in [2.05, 4.69) is 4.98 Å². The van der Waals surface area contributed by atoms with Crippen LogP contribution in [0.1, 0.15) is 35.0 Å². The summed E-state index contributed by atoms with van der Waals surface area (Å²) in [6.07, 6.45) is 2.12. The zero-order chi connectivity index (χ0) is 12.4. The minimum absolute atomic E-state index is 0. The second-order valence-electron chi connectivity index (χ2n) is 4.64. The molecule has 0 radical (unpaired) electrons. The number of nitrogens with two attached hydrogens (primary N) is 1. The van der Waals surface area contributed by atoms with Gasteiger partial charge in [-0.3, -0.25) is 4.79 Å². The maximum absolute atomic E-state index is 12.2. The van der Waals surface area contributed by atoms with Gasteiger partial charge in [0.05, 0.1) is 5.69 Å². The molecule has 1 atom stereocenters. The number of nitrogens with zero attached hydrogens (tertiary/aromatic N) is 2. The molecule has 18 heavy (non-hydrogen) atoms. The Balaban J connectivity index is 0.00000162. The predicted octanol–water partition coefficient (Wildman–Crippen LogP) is 1.52. The molecule has 1 amide bonds. The highest BCUT2D eigenvalue weighted by Crippen LogP contribution is 2.19. The lowest BCUT2D eigenvalue weighted by atomic mass is 9.98. The van der Waals surface area contributed by atoms with Crippen LogP contribution in [0.4, 0.5) is 0 Å². The molecule has 2 heterocycles. The Bertz CT molecular complexity index is 419. The fourth-order valence-electron chi connectivity index (χ4n) is 2.32. The lowest BCUT2D eigenvalue weighted by molar-refractivity contribution is 0.0643. The topological polar surface area (TPSA) is 72.4 Å². The molecule has 5 nitrogen and oxygen atoms in total. The first-order valence-electron chi connectivity index (χ1n) is 6.05. The number of halogens is 1. The molecule has 2 rings (SSSR count). The summed E-state index contributed by atoms with van der Waals surface area (Å²) >= 11 is 0. The number of likely N-dealkylation sites (tertiary alicyclic amines) is 1. The van der Waals surface area contributed by atoms with Crippen LogP contribution in [0.15, 0.2) is 4.42 Å². The molecule has 1 unspecified atom stereocenters. The highest BCUT2D eigenvalue weighted by Gasteiger charge is 2.27. The number of piperidine rings is 1. The van der Waals surface area contributed by atoms with Gasteiger partial charge in [0.15, 0.2) is 5.89 Å². The van der Waals surface area contributed by atoms with Crippen molar-refractivity contribution in [3.63, 3.8) is 0 Å². The molecule has 1 aliphatic rings. The number of hydrogen-bond acceptors (Lipinski definition) is 4. The first kappa shape index (κ1) is 15.0. The van der Waals surface area contributed by atoms with E-state index in [1.165, 1.54) is 0 Å². The van der Waals surface area contributed by atoms with E-state index in [9.17, 15) is 4.79 Å². The van der Waals surface area contributed by atoms with Gasteiger partial charge in [0.2, 0.25) is 5.76 Å². The van der Waals surface area contributed by atoms with Gasteiger partial charge in [-0.25, -0.2) is 4.98 Å². The number of aryl methyl sites for hydroxylation is 2. The van der Waals surface area contributed by atoms with Crippen LogP contribution in [0.2, 0.25) is 0 Å². The Morgan fingerprint density at radius 3 is 2.83 bits per heavy atom. The SMILES string of the molecule is Cc1nc(C)c(C(=O)N2CCCC(CN)C2)o1.Cl. The molecule has 0 aliphatic carbocycles. The fourth-order valence-corrected chi connectivity index (χ4v) is 2.32. The summed E-state index contributed by atoms with van der Waals surface area (Å²) in [6.45, 7) is 5.71. The Morgan fingerprint density at radius 1 is 1.56 bits per heavy atom. The van der Waals surface area contributed by atoms with Gasteiger partial charge in [0, 0.05) is 20.0 Å². The number of hydrogen-bond donors (Lipinski definition) is 1. The van der Waals surface area contributed by atoms with Gasteiger partial charge in [-0.1, -0.05) is 0 Å². The van der Waals surface area contributed by atoms with Crippen LogP contribution in [0, 0.1) is 19.8 Å². The molecule has 2 N–H and O–H groups in total. The van der Waals surface area contributed by atoms with Crippen LogP contribution >= 0.6 is 12.4 Å². The van der Waals surface area contributed by atoms with Gasteiger partial charge < -0.3 is 15.1 Å². The molecule has 0 bridgehead atoms. The molecule has 1 aromatic heterocycles. The van der Waals surface area contributed by atoms with Crippen molar-refractivity contribution in [2.24, 2.45) is 11.7 Å². The van der Waals surface area contributed by atoms with E-state index in [1.807, 2.05) is 4.90 Å². The molecule has 6 heteroatoms. The zero-order valence-corrected chi connectivity index (χ0v) is 11.6. The highest BCUT2D eigenvalue weighted by atomic mass is 35.5. The van der Waals surface area contributed by atoms with Crippen molar-refractivity contribution < 1.29 is 9.21 Å². The molecular weight excluding hydrogens is 254 g/mol. The Labute approximate surface area is 113 Å². The van der Waals surface area contributed by atoms with Crippen molar-refractivity contribution in [2.45, 2.75) is 26.7 Å². The third-order valence-electron chi connectivity index (χ3n) is 3.24. The Kier molecular flexibility index (Phi) is 5.16. The van der Waals surface area contributed by atoms with E-state index < -0.39 is 0 Å². The minimum Gasteiger partial charge on any atom is -0.436 e. The second kappa shape index (κ2) is 6.20. The summed E-state index contributed by atoms with van der Waals surface area (Å²) in [7, 11) is 0. The molecular formula is C12H20ClN3O2. The average Bonchev–Trinajstić information content (AvgIpc) is 2.67. The molecule has 0 saturated carbocycles. The van der Waals surface area contributed by atoms with Crippen LogP contribution in [-0.2, 0) is 0 Å². The molecule has 1 aromatic rings. The molecule has 0 spiro atoms. The Hall–Kier alpha value is -1.07. The largest absolute Gasteiger partial charge is 0.436 e. The number of rotatable bonds is 2. The van der Waals surface area contributed by atoms with Gasteiger partial charge in [0.1, 0.15) is 0 Å². The minimum atomic E-state index is -0.0544. The van der Waals surface area contributed by atoms with Crippen molar-refractivity contribution in [1.82, 2.24) is 9.88 Å². The Morgan fingerprint density at radius 2 is 2.28 bits per heavy atom. The smallest absolute Gasteiger partial charge is 0.291 e. The quantitative estimate of drug-likeness (QED) is 0.887. The van der Waals surface area contributed by atoms with Crippen molar-refractivity contribution in [2.75, 3.05) is 19.6 Å². The second-order valence-corrected chi connectivity index (χ2v) is 4.64. The van der Waals surface area contributed by atoms with Crippen molar-refractivity contribution >= 4 is 18.3 Å². The fraction of sp³-hybridized carbons (Fsp3) is 0.667. The van der Waals surface area contributed by atoms with E-state index in [1.54, 1.807) is 13.8 Å². The van der Waals surface area contributed by atoms with Gasteiger partial charge in [0.25, 0.3) is 5.91 Å². The van der Waals surface area contributed by atoms with E-state index >= 15 is 0 Å². The summed E-state index contributed by atoms with van der Waals surface area (Å²) in [6, 6.07) is 0. The van der Waals surface area contributed by atoms with Gasteiger partial charge >= 0.3 is 0 Å². The van der Waals surface area contributed by atoms with Crippen molar-refractivity contribution in [3.05, 3.63) is 17.3 Å². The summed E-state index contributed by atoms with van der Waals surface area (Å²) in [5.41, 5.74) is 6.33. The van der Waals surface area contributed by atoms with Crippen LogP contribution < -0.4 is 5.73 Å². The molecule has 0 aromatic carbocycles. The van der Waals surface area contributed by atoms with Crippen molar-refractivity contribution in [3.8, 4) is 0 Å². The first-order valence-corrected chi connectivity index (χ1v) is 6.05. The van der Waals surface area contributed by atoms with Crippen LogP contribution in [0.25, 0.3) is 0 Å². The molecule has 102 valence electrons. The van der Waals surface area contributed by atoms with Gasteiger partial charge in [-0.15, -0.1) is 12.4 Å².